The Morgan fingerprint density at radius 3 is 2.40 bits per heavy atom. The maximum absolute atomic E-state index is 10.2. The maximum atomic E-state index is 10.2. The summed E-state index contributed by atoms with van der Waals surface area (Å²) in [7, 11) is 0. The van der Waals surface area contributed by atoms with Crippen molar-refractivity contribution in [1.29, 1.82) is 0 Å². The van der Waals surface area contributed by atoms with Crippen LogP contribution < -0.4 is 0 Å². The zero-order valence-electron chi connectivity index (χ0n) is 6.72. The normalized spacial score (nSPS) is 12.2. The molecule has 0 heterocycles. The first kappa shape index (κ1) is 9.21. The van der Waals surface area contributed by atoms with Crippen molar-refractivity contribution in [3.8, 4) is 0 Å². The van der Waals surface area contributed by atoms with Gasteiger partial charge >= 0.3 is 5.97 Å². The highest BCUT2D eigenvalue weighted by molar-refractivity contribution is 5.85. The average Bonchev–Trinajstić information content (AvgIpc) is 1.82. The largest absolute Gasteiger partial charge is 0.478 e. The quantitative estimate of drug-likeness (QED) is 0.612. The molecule has 2 nitrogen and oxygen atoms in total. The van der Waals surface area contributed by atoms with E-state index in [2.05, 4.69) is 13.8 Å². The topological polar surface area (TPSA) is 37.3 Å². The molecule has 0 saturated carbocycles. The summed E-state index contributed by atoms with van der Waals surface area (Å²) in [6.07, 6.45) is 2.60. The lowest BCUT2D eigenvalue weighted by atomic mass is 10.1. The molecule has 0 amide bonds. The van der Waals surface area contributed by atoms with Crippen molar-refractivity contribution >= 4 is 5.97 Å². The third kappa shape index (κ3) is 4.13. The van der Waals surface area contributed by atoms with Crippen LogP contribution in [0.1, 0.15) is 27.2 Å². The second-order valence-electron chi connectivity index (χ2n) is 2.82. The smallest absolute Gasteiger partial charge is 0.330 e. The first-order chi connectivity index (χ1) is 4.54. The monoisotopic (exact) mass is 142 g/mol. The van der Waals surface area contributed by atoms with E-state index in [0.29, 0.717) is 11.5 Å². The van der Waals surface area contributed by atoms with Gasteiger partial charge in [0.05, 0.1) is 0 Å². The van der Waals surface area contributed by atoms with Crippen LogP contribution in [-0.4, -0.2) is 11.1 Å². The van der Waals surface area contributed by atoms with Crippen molar-refractivity contribution in [2.45, 2.75) is 27.2 Å². The van der Waals surface area contributed by atoms with Crippen molar-refractivity contribution in [2.24, 2.45) is 5.92 Å². The van der Waals surface area contributed by atoms with Crippen molar-refractivity contribution in [1.82, 2.24) is 0 Å². The number of carbonyl (C=O) groups is 1. The van der Waals surface area contributed by atoms with E-state index in [1.807, 2.05) is 0 Å². The molecule has 58 valence electrons. The van der Waals surface area contributed by atoms with E-state index in [9.17, 15) is 4.79 Å². The van der Waals surface area contributed by atoms with E-state index >= 15 is 0 Å². The van der Waals surface area contributed by atoms with Crippen LogP contribution in [0.2, 0.25) is 0 Å². The third-order valence-corrected chi connectivity index (χ3v) is 1.23. The molecule has 0 aromatic carbocycles. The summed E-state index contributed by atoms with van der Waals surface area (Å²) in [6.45, 7) is 5.74. The Morgan fingerprint density at radius 1 is 1.60 bits per heavy atom. The summed E-state index contributed by atoms with van der Waals surface area (Å²) in [5.74, 6) is -0.282. The van der Waals surface area contributed by atoms with E-state index < -0.39 is 5.97 Å². The third-order valence-electron chi connectivity index (χ3n) is 1.23. The highest BCUT2D eigenvalue weighted by atomic mass is 16.4. The van der Waals surface area contributed by atoms with Crippen LogP contribution >= 0.6 is 0 Å². The summed E-state index contributed by atoms with van der Waals surface area (Å²) in [5, 5.41) is 8.43. The molecule has 0 fully saturated rings. The van der Waals surface area contributed by atoms with Crippen LogP contribution in [0.4, 0.5) is 0 Å². The Labute approximate surface area is 61.6 Å². The average molecular weight is 142 g/mol. The Hall–Kier alpha value is -0.790. The standard InChI is InChI=1S/C8H14O2/c1-6(2)4-5-7(3)8(9)10/h5-6H,4H2,1-3H3,(H,9,10)/b7-5+. The summed E-state index contributed by atoms with van der Waals surface area (Å²) >= 11 is 0. The minimum Gasteiger partial charge on any atom is -0.478 e. The van der Waals surface area contributed by atoms with Gasteiger partial charge in [-0.15, -0.1) is 0 Å². The fraction of sp³-hybridized carbons (Fsp3) is 0.625. The van der Waals surface area contributed by atoms with Crippen LogP contribution in [0.5, 0.6) is 0 Å². The molecule has 10 heavy (non-hydrogen) atoms. The Morgan fingerprint density at radius 2 is 2.10 bits per heavy atom. The molecule has 0 aromatic rings. The molecule has 0 saturated heterocycles. The molecule has 0 radical (unpaired) electrons. The van der Waals surface area contributed by atoms with Gasteiger partial charge in [0.25, 0.3) is 0 Å². The number of hydrogen-bond donors (Lipinski definition) is 1. The van der Waals surface area contributed by atoms with Gasteiger partial charge in [0.1, 0.15) is 0 Å². The first-order valence-electron chi connectivity index (χ1n) is 3.44. The van der Waals surface area contributed by atoms with E-state index in [-0.39, 0.29) is 0 Å². The first-order valence-corrected chi connectivity index (χ1v) is 3.44. The van der Waals surface area contributed by atoms with Crippen LogP contribution in [0, 0.1) is 5.92 Å². The predicted octanol–water partition coefficient (Wildman–Crippen LogP) is 2.06. The predicted molar refractivity (Wildman–Crippen MR) is 40.8 cm³/mol. The SMILES string of the molecule is C/C(=C\CC(C)C)C(=O)O. The fourth-order valence-electron chi connectivity index (χ4n) is 0.500. The number of rotatable bonds is 3. The zero-order valence-corrected chi connectivity index (χ0v) is 6.72. The highest BCUT2D eigenvalue weighted by Crippen LogP contribution is 2.03. The van der Waals surface area contributed by atoms with E-state index in [1.54, 1.807) is 13.0 Å². The molecular formula is C8H14O2. The molecular weight excluding hydrogens is 128 g/mol. The van der Waals surface area contributed by atoms with Crippen molar-refractivity contribution < 1.29 is 9.90 Å². The van der Waals surface area contributed by atoms with Gasteiger partial charge in [-0.05, 0) is 19.3 Å². The molecule has 0 bridgehead atoms. The molecule has 0 aliphatic carbocycles. The number of aliphatic carboxylic acids is 1. The molecule has 1 N–H and O–H groups in total. The number of carboxylic acids is 1. The lowest BCUT2D eigenvalue weighted by Crippen LogP contribution is -1.96. The van der Waals surface area contributed by atoms with Crippen molar-refractivity contribution in [2.75, 3.05) is 0 Å². The van der Waals surface area contributed by atoms with Gasteiger partial charge in [-0.25, -0.2) is 4.79 Å². The Kier molecular flexibility index (Phi) is 3.77. The van der Waals surface area contributed by atoms with Gasteiger partial charge in [0.2, 0.25) is 0 Å². The lowest BCUT2D eigenvalue weighted by molar-refractivity contribution is -0.132. The second-order valence-corrected chi connectivity index (χ2v) is 2.82. The number of hydrogen-bond acceptors (Lipinski definition) is 1. The maximum Gasteiger partial charge on any atom is 0.330 e. The highest BCUT2D eigenvalue weighted by Gasteiger charge is 1.98. The molecule has 0 atom stereocenters. The molecule has 0 aliphatic rings. The van der Waals surface area contributed by atoms with Gasteiger partial charge in [0.15, 0.2) is 0 Å². The Balaban J connectivity index is 3.81. The minimum atomic E-state index is -0.819. The molecule has 0 spiro atoms. The van der Waals surface area contributed by atoms with E-state index in [4.69, 9.17) is 5.11 Å². The fourth-order valence-corrected chi connectivity index (χ4v) is 0.500. The van der Waals surface area contributed by atoms with Crippen molar-refractivity contribution in [3.05, 3.63) is 11.6 Å². The minimum absolute atomic E-state index is 0.439. The molecule has 0 unspecified atom stereocenters. The summed E-state index contributed by atoms with van der Waals surface area (Å²) < 4.78 is 0. The molecule has 0 aromatic heterocycles. The summed E-state index contributed by atoms with van der Waals surface area (Å²) in [4.78, 5) is 10.2. The van der Waals surface area contributed by atoms with E-state index in [1.165, 1.54) is 0 Å². The molecule has 0 aliphatic heterocycles. The molecule has 2 heteroatoms. The van der Waals surface area contributed by atoms with Gasteiger partial charge in [-0.1, -0.05) is 19.9 Å². The van der Waals surface area contributed by atoms with E-state index in [0.717, 1.165) is 6.42 Å². The van der Waals surface area contributed by atoms with Crippen LogP contribution in [0.3, 0.4) is 0 Å². The van der Waals surface area contributed by atoms with Gasteiger partial charge < -0.3 is 5.11 Å². The Bertz CT molecular complexity index is 145. The van der Waals surface area contributed by atoms with Gasteiger partial charge in [0, 0.05) is 5.57 Å². The second kappa shape index (κ2) is 4.09. The number of carboxylic acid groups (broad SMARTS) is 1. The van der Waals surface area contributed by atoms with Gasteiger partial charge in [-0.2, -0.15) is 0 Å². The van der Waals surface area contributed by atoms with Gasteiger partial charge in [-0.3, -0.25) is 0 Å². The van der Waals surface area contributed by atoms with Crippen molar-refractivity contribution in [3.63, 3.8) is 0 Å². The summed E-state index contributed by atoms with van der Waals surface area (Å²) in [6, 6.07) is 0. The van der Waals surface area contributed by atoms with Crippen LogP contribution in [-0.2, 0) is 4.79 Å². The molecule has 0 rings (SSSR count). The van der Waals surface area contributed by atoms with Crippen LogP contribution in [0.15, 0.2) is 11.6 Å². The lowest BCUT2D eigenvalue weighted by Gasteiger charge is -1.97. The summed E-state index contributed by atoms with van der Waals surface area (Å²) in [5.41, 5.74) is 0.439. The van der Waals surface area contributed by atoms with Crippen LogP contribution in [0.25, 0.3) is 0 Å². The zero-order chi connectivity index (χ0) is 8.15. The number of allylic oxidation sites excluding steroid dienone is 1.